The third-order valence-electron chi connectivity index (χ3n) is 6.97. The van der Waals surface area contributed by atoms with E-state index in [0.717, 1.165) is 75.4 Å². The van der Waals surface area contributed by atoms with Crippen LogP contribution in [0.5, 0.6) is 0 Å². The zero-order valence-electron chi connectivity index (χ0n) is 18.2. The largest absolute Gasteiger partial charge is 0.379 e. The highest BCUT2D eigenvalue weighted by Gasteiger charge is 2.33. The first kappa shape index (κ1) is 20.3. The van der Waals surface area contributed by atoms with Crippen molar-refractivity contribution in [3.8, 4) is 0 Å². The van der Waals surface area contributed by atoms with Crippen LogP contribution in [-0.2, 0) is 11.3 Å². The SMILES string of the molecule is O=c1[nH]c(C2CN(c3ncc(CN4CCOCC4)s3)C2)nc2c1cnn2C1CCCCC1. The van der Waals surface area contributed by atoms with Crippen molar-refractivity contribution in [3.05, 3.63) is 33.4 Å². The zero-order valence-corrected chi connectivity index (χ0v) is 19.0. The Morgan fingerprint density at radius 1 is 1.12 bits per heavy atom. The summed E-state index contributed by atoms with van der Waals surface area (Å²) in [6, 6.07) is 0.362. The van der Waals surface area contributed by atoms with Crippen molar-refractivity contribution in [2.75, 3.05) is 44.3 Å². The molecule has 5 heterocycles. The quantitative estimate of drug-likeness (QED) is 0.632. The molecule has 0 bridgehead atoms. The first-order chi connectivity index (χ1) is 15.7. The molecule has 1 N–H and O–H groups in total. The summed E-state index contributed by atoms with van der Waals surface area (Å²) in [6.45, 7) is 6.20. The lowest BCUT2D eigenvalue weighted by atomic mass is 9.96. The predicted octanol–water partition coefficient (Wildman–Crippen LogP) is 2.52. The van der Waals surface area contributed by atoms with Crippen LogP contribution in [0.4, 0.5) is 5.13 Å². The summed E-state index contributed by atoms with van der Waals surface area (Å²) < 4.78 is 7.44. The molecule has 1 aliphatic carbocycles. The molecule has 3 aromatic rings. The number of anilines is 1. The third-order valence-corrected chi connectivity index (χ3v) is 8.01. The van der Waals surface area contributed by atoms with Crippen molar-refractivity contribution in [3.63, 3.8) is 0 Å². The van der Waals surface area contributed by atoms with Crippen LogP contribution in [0.25, 0.3) is 11.0 Å². The molecule has 2 saturated heterocycles. The van der Waals surface area contributed by atoms with Crippen LogP contribution < -0.4 is 10.5 Å². The fraction of sp³-hybridized carbons (Fsp3) is 0.636. The molecule has 0 aromatic carbocycles. The lowest BCUT2D eigenvalue weighted by Crippen LogP contribution is -2.46. The Morgan fingerprint density at radius 3 is 2.75 bits per heavy atom. The highest BCUT2D eigenvalue weighted by molar-refractivity contribution is 7.15. The van der Waals surface area contributed by atoms with E-state index in [1.54, 1.807) is 17.5 Å². The molecule has 0 atom stereocenters. The lowest BCUT2D eigenvalue weighted by molar-refractivity contribution is 0.0346. The number of morpholine rings is 1. The van der Waals surface area contributed by atoms with Gasteiger partial charge in [0.1, 0.15) is 11.2 Å². The number of nitrogens with one attached hydrogen (secondary N) is 1. The number of ether oxygens (including phenoxy) is 1. The number of hydrogen-bond donors (Lipinski definition) is 1. The molecule has 2 aliphatic heterocycles. The van der Waals surface area contributed by atoms with Gasteiger partial charge < -0.3 is 14.6 Å². The van der Waals surface area contributed by atoms with Crippen LogP contribution in [0.2, 0.25) is 0 Å². The van der Waals surface area contributed by atoms with Gasteiger partial charge in [0.25, 0.3) is 5.56 Å². The second kappa shape index (κ2) is 8.57. The number of rotatable bonds is 5. The maximum absolute atomic E-state index is 12.7. The highest BCUT2D eigenvalue weighted by Crippen LogP contribution is 2.34. The van der Waals surface area contributed by atoms with Crippen molar-refractivity contribution < 1.29 is 4.74 Å². The van der Waals surface area contributed by atoms with E-state index in [4.69, 9.17) is 9.72 Å². The smallest absolute Gasteiger partial charge is 0.262 e. The van der Waals surface area contributed by atoms with E-state index in [9.17, 15) is 4.79 Å². The average molecular weight is 456 g/mol. The molecule has 1 saturated carbocycles. The van der Waals surface area contributed by atoms with Gasteiger partial charge in [-0.05, 0) is 12.8 Å². The number of nitrogens with zero attached hydrogens (tertiary/aromatic N) is 6. The highest BCUT2D eigenvalue weighted by atomic mass is 32.1. The number of hydrogen-bond acceptors (Lipinski definition) is 8. The Labute approximate surface area is 190 Å². The summed E-state index contributed by atoms with van der Waals surface area (Å²) in [5, 5.41) is 6.20. The molecule has 170 valence electrons. The van der Waals surface area contributed by atoms with Crippen molar-refractivity contribution in [2.45, 2.75) is 50.6 Å². The molecule has 10 heteroatoms. The number of aromatic amines is 1. The molecule has 3 aromatic heterocycles. The molecule has 0 amide bonds. The molecule has 9 nitrogen and oxygen atoms in total. The average Bonchev–Trinajstić information content (AvgIpc) is 3.42. The van der Waals surface area contributed by atoms with Crippen molar-refractivity contribution in [1.82, 2.24) is 29.6 Å². The minimum Gasteiger partial charge on any atom is -0.379 e. The summed E-state index contributed by atoms with van der Waals surface area (Å²) in [5.41, 5.74) is 0.670. The maximum atomic E-state index is 12.7. The monoisotopic (exact) mass is 455 g/mol. The second-order valence-electron chi connectivity index (χ2n) is 9.17. The van der Waals surface area contributed by atoms with E-state index in [1.165, 1.54) is 24.1 Å². The number of fused-ring (bicyclic) bond motifs is 1. The molecule has 32 heavy (non-hydrogen) atoms. The van der Waals surface area contributed by atoms with E-state index in [2.05, 4.69) is 24.9 Å². The van der Waals surface area contributed by atoms with Gasteiger partial charge in [-0.25, -0.2) is 14.6 Å². The molecule has 3 fully saturated rings. The van der Waals surface area contributed by atoms with E-state index >= 15 is 0 Å². The zero-order chi connectivity index (χ0) is 21.5. The Morgan fingerprint density at radius 2 is 1.94 bits per heavy atom. The van der Waals surface area contributed by atoms with Gasteiger partial charge in [-0.1, -0.05) is 19.3 Å². The van der Waals surface area contributed by atoms with Crippen molar-refractivity contribution in [2.24, 2.45) is 0 Å². The molecule has 0 spiro atoms. The standard InChI is InChI=1S/C22H29N7O2S/c30-21-18-11-24-29(16-4-2-1-3-5-16)20(18)25-19(26-21)15-12-28(13-15)22-23-10-17(32-22)14-27-6-8-31-9-7-27/h10-11,15-16H,1-9,12-14H2,(H,25,26,30). The minimum absolute atomic E-state index is 0.0763. The minimum atomic E-state index is -0.0763. The van der Waals surface area contributed by atoms with Gasteiger partial charge in [-0.3, -0.25) is 9.69 Å². The van der Waals surface area contributed by atoms with Gasteiger partial charge in [0.15, 0.2) is 10.8 Å². The second-order valence-corrected chi connectivity index (χ2v) is 10.3. The summed E-state index contributed by atoms with van der Waals surface area (Å²) in [5.74, 6) is 0.995. The third kappa shape index (κ3) is 3.84. The Kier molecular flexibility index (Phi) is 5.44. The molecule has 3 aliphatic rings. The van der Waals surface area contributed by atoms with E-state index in [1.807, 2.05) is 10.9 Å². The molecular formula is C22H29N7O2S. The van der Waals surface area contributed by atoms with E-state index in [0.29, 0.717) is 11.4 Å². The van der Waals surface area contributed by atoms with Gasteiger partial charge in [0, 0.05) is 43.8 Å². The Hall–Kier alpha value is -2.30. The van der Waals surface area contributed by atoms with Gasteiger partial charge in [0.05, 0.1) is 31.4 Å². The summed E-state index contributed by atoms with van der Waals surface area (Å²) in [6.07, 6.45) is 9.65. The summed E-state index contributed by atoms with van der Waals surface area (Å²) in [4.78, 5) is 31.2. The fourth-order valence-corrected chi connectivity index (χ4v) is 6.01. The molecule has 6 rings (SSSR count). The topological polar surface area (TPSA) is 92.2 Å². The first-order valence-corrected chi connectivity index (χ1v) is 12.5. The van der Waals surface area contributed by atoms with Crippen LogP contribution in [0.3, 0.4) is 0 Å². The van der Waals surface area contributed by atoms with E-state index in [-0.39, 0.29) is 11.5 Å². The fourth-order valence-electron chi connectivity index (χ4n) is 5.04. The molecular weight excluding hydrogens is 426 g/mol. The lowest BCUT2D eigenvalue weighted by Gasteiger charge is -2.38. The van der Waals surface area contributed by atoms with Gasteiger partial charge in [-0.15, -0.1) is 11.3 Å². The van der Waals surface area contributed by atoms with Gasteiger partial charge in [-0.2, -0.15) is 5.10 Å². The van der Waals surface area contributed by atoms with Gasteiger partial charge in [0.2, 0.25) is 0 Å². The maximum Gasteiger partial charge on any atom is 0.262 e. The molecule has 0 unspecified atom stereocenters. The predicted molar refractivity (Wildman–Crippen MR) is 123 cm³/mol. The van der Waals surface area contributed by atoms with Crippen LogP contribution in [0.1, 0.15) is 54.8 Å². The summed E-state index contributed by atoms with van der Waals surface area (Å²) >= 11 is 1.76. The van der Waals surface area contributed by atoms with Crippen LogP contribution in [-0.4, -0.2) is 69.0 Å². The van der Waals surface area contributed by atoms with Crippen LogP contribution in [0, 0.1) is 0 Å². The van der Waals surface area contributed by atoms with E-state index < -0.39 is 0 Å². The van der Waals surface area contributed by atoms with Crippen molar-refractivity contribution >= 4 is 27.5 Å². The van der Waals surface area contributed by atoms with Gasteiger partial charge >= 0.3 is 0 Å². The number of H-pyrrole nitrogens is 1. The number of thiazole rings is 1. The normalized spacial score (nSPS) is 21.3. The van der Waals surface area contributed by atoms with Crippen molar-refractivity contribution in [1.29, 1.82) is 0 Å². The van der Waals surface area contributed by atoms with Crippen LogP contribution >= 0.6 is 11.3 Å². The Balaban J connectivity index is 1.15. The first-order valence-electron chi connectivity index (χ1n) is 11.7. The molecule has 0 radical (unpaired) electrons. The Bertz CT molecular complexity index is 1140. The number of aromatic nitrogens is 5. The summed E-state index contributed by atoms with van der Waals surface area (Å²) in [7, 11) is 0. The van der Waals surface area contributed by atoms with Crippen LogP contribution in [0.15, 0.2) is 17.2 Å².